The zero-order valence-corrected chi connectivity index (χ0v) is 8.54. The van der Waals surface area contributed by atoms with E-state index in [2.05, 4.69) is 4.99 Å². The number of nitrogens with zero attached hydrogens (tertiary/aromatic N) is 1. The first-order valence-corrected chi connectivity index (χ1v) is 5.96. The van der Waals surface area contributed by atoms with Crippen LogP contribution in [0.15, 0.2) is 35.3 Å². The molecule has 0 N–H and O–H groups in total. The van der Waals surface area contributed by atoms with Crippen molar-refractivity contribution in [1.82, 2.24) is 0 Å². The maximum Gasteiger partial charge on any atom is 0.216 e. The normalized spacial score (nSPS) is 29.6. The quantitative estimate of drug-likeness (QED) is 0.699. The predicted molar refractivity (Wildman–Crippen MR) is 59.0 cm³/mol. The number of aliphatic imine (C=N–C) groups is 1. The molecular weight excluding hydrogens is 194 g/mol. The molecule has 2 aliphatic rings. The molecule has 0 amide bonds. The number of benzene rings is 1. The molecule has 0 bridgehead atoms. The van der Waals surface area contributed by atoms with Gasteiger partial charge in [-0.2, -0.15) is 11.8 Å². The lowest BCUT2D eigenvalue weighted by Gasteiger charge is -2.07. The lowest BCUT2D eigenvalue weighted by atomic mass is 10.2. The summed E-state index contributed by atoms with van der Waals surface area (Å²) < 4.78 is 5.80. The van der Waals surface area contributed by atoms with E-state index in [9.17, 15) is 0 Å². The molecule has 2 nitrogen and oxygen atoms in total. The van der Waals surface area contributed by atoms with Gasteiger partial charge < -0.3 is 4.74 Å². The topological polar surface area (TPSA) is 21.6 Å². The molecule has 0 radical (unpaired) electrons. The van der Waals surface area contributed by atoms with Crippen molar-refractivity contribution in [2.24, 2.45) is 4.99 Å². The van der Waals surface area contributed by atoms with Gasteiger partial charge in [0.25, 0.3) is 0 Å². The summed E-state index contributed by atoms with van der Waals surface area (Å²) in [6, 6.07) is 10.5. The van der Waals surface area contributed by atoms with Gasteiger partial charge in [-0.1, -0.05) is 18.2 Å². The van der Waals surface area contributed by atoms with Crippen LogP contribution < -0.4 is 0 Å². The van der Waals surface area contributed by atoms with Crippen molar-refractivity contribution >= 4 is 17.7 Å². The highest BCUT2D eigenvalue weighted by atomic mass is 32.2. The molecule has 2 atom stereocenters. The van der Waals surface area contributed by atoms with Crippen LogP contribution in [-0.4, -0.2) is 29.5 Å². The summed E-state index contributed by atoms with van der Waals surface area (Å²) in [5, 5.41) is 0. The van der Waals surface area contributed by atoms with Crippen LogP contribution in [0.2, 0.25) is 0 Å². The largest absolute Gasteiger partial charge is 0.471 e. The SMILES string of the molecule is c1ccc(C2=NC3CSCC3O2)cc1. The van der Waals surface area contributed by atoms with Crippen LogP contribution in [0.3, 0.4) is 0 Å². The van der Waals surface area contributed by atoms with Crippen LogP contribution in [0.4, 0.5) is 0 Å². The number of thioether (sulfide) groups is 1. The van der Waals surface area contributed by atoms with E-state index >= 15 is 0 Å². The Kier molecular flexibility index (Phi) is 1.98. The molecule has 0 aliphatic carbocycles. The van der Waals surface area contributed by atoms with E-state index in [0.717, 1.165) is 23.0 Å². The first kappa shape index (κ1) is 8.36. The van der Waals surface area contributed by atoms with Crippen molar-refractivity contribution < 1.29 is 4.74 Å². The van der Waals surface area contributed by atoms with E-state index in [-0.39, 0.29) is 0 Å². The van der Waals surface area contributed by atoms with Crippen molar-refractivity contribution in [3.8, 4) is 0 Å². The number of rotatable bonds is 1. The number of fused-ring (bicyclic) bond motifs is 1. The third-order valence-corrected chi connectivity index (χ3v) is 3.71. The number of hydrogen-bond donors (Lipinski definition) is 0. The molecule has 1 fully saturated rings. The average molecular weight is 205 g/mol. The Morgan fingerprint density at radius 2 is 2.07 bits per heavy atom. The molecule has 0 saturated carbocycles. The second kappa shape index (κ2) is 3.31. The van der Waals surface area contributed by atoms with Gasteiger partial charge in [0.15, 0.2) is 0 Å². The van der Waals surface area contributed by atoms with Crippen molar-refractivity contribution in [2.45, 2.75) is 12.1 Å². The van der Waals surface area contributed by atoms with Crippen LogP contribution in [0.1, 0.15) is 5.56 Å². The summed E-state index contributed by atoms with van der Waals surface area (Å²) >= 11 is 1.93. The highest BCUT2D eigenvalue weighted by Crippen LogP contribution is 2.29. The molecule has 2 heterocycles. The Bertz CT molecular complexity index is 363. The van der Waals surface area contributed by atoms with E-state index < -0.39 is 0 Å². The van der Waals surface area contributed by atoms with Gasteiger partial charge in [0.2, 0.25) is 5.90 Å². The first-order valence-electron chi connectivity index (χ1n) is 4.81. The fraction of sp³-hybridized carbons (Fsp3) is 0.364. The van der Waals surface area contributed by atoms with E-state index in [0.29, 0.717) is 12.1 Å². The summed E-state index contributed by atoms with van der Waals surface area (Å²) in [5.41, 5.74) is 1.10. The minimum absolute atomic E-state index is 0.329. The van der Waals surface area contributed by atoms with Gasteiger partial charge in [-0.05, 0) is 12.1 Å². The minimum atomic E-state index is 0.329. The van der Waals surface area contributed by atoms with Crippen molar-refractivity contribution in [3.63, 3.8) is 0 Å². The minimum Gasteiger partial charge on any atom is -0.471 e. The van der Waals surface area contributed by atoms with E-state index in [1.54, 1.807) is 0 Å². The van der Waals surface area contributed by atoms with Gasteiger partial charge in [-0.3, -0.25) is 0 Å². The molecule has 0 aromatic heterocycles. The summed E-state index contributed by atoms with van der Waals surface area (Å²) in [5.74, 6) is 3.03. The molecule has 3 heteroatoms. The summed E-state index contributed by atoms with van der Waals surface area (Å²) in [7, 11) is 0. The number of hydrogen-bond acceptors (Lipinski definition) is 3. The highest BCUT2D eigenvalue weighted by Gasteiger charge is 2.35. The molecule has 14 heavy (non-hydrogen) atoms. The van der Waals surface area contributed by atoms with Crippen molar-refractivity contribution in [2.75, 3.05) is 11.5 Å². The van der Waals surface area contributed by atoms with Gasteiger partial charge in [-0.15, -0.1) is 0 Å². The van der Waals surface area contributed by atoms with E-state index in [1.165, 1.54) is 0 Å². The third-order valence-electron chi connectivity index (χ3n) is 2.57. The zero-order valence-electron chi connectivity index (χ0n) is 7.72. The second-order valence-corrected chi connectivity index (χ2v) is 4.64. The van der Waals surface area contributed by atoms with E-state index in [1.807, 2.05) is 42.1 Å². The van der Waals surface area contributed by atoms with Crippen molar-refractivity contribution in [3.05, 3.63) is 35.9 Å². The fourth-order valence-corrected chi connectivity index (χ4v) is 2.99. The Labute approximate surface area is 87.4 Å². The highest BCUT2D eigenvalue weighted by molar-refractivity contribution is 7.99. The molecular formula is C11H11NOS. The van der Waals surface area contributed by atoms with Gasteiger partial charge >= 0.3 is 0 Å². The summed E-state index contributed by atoms with van der Waals surface area (Å²) in [4.78, 5) is 4.59. The monoisotopic (exact) mass is 205 g/mol. The third kappa shape index (κ3) is 1.32. The predicted octanol–water partition coefficient (Wildman–Crippen LogP) is 1.95. The molecule has 3 rings (SSSR count). The van der Waals surface area contributed by atoms with Crippen LogP contribution in [0.5, 0.6) is 0 Å². The second-order valence-electron chi connectivity index (χ2n) is 3.56. The maximum atomic E-state index is 5.80. The first-order chi connectivity index (χ1) is 6.93. The standard InChI is InChI=1S/C11H11NOS/c1-2-4-8(5-3-1)11-12-9-6-14-7-10(9)13-11/h1-5,9-10H,6-7H2. The van der Waals surface area contributed by atoms with E-state index in [4.69, 9.17) is 4.74 Å². The molecule has 2 unspecified atom stereocenters. The van der Waals surface area contributed by atoms with Gasteiger partial charge in [-0.25, -0.2) is 4.99 Å². The smallest absolute Gasteiger partial charge is 0.216 e. The number of ether oxygens (including phenoxy) is 1. The van der Waals surface area contributed by atoms with Crippen LogP contribution >= 0.6 is 11.8 Å². The maximum absolute atomic E-state index is 5.80. The van der Waals surface area contributed by atoms with Gasteiger partial charge in [0.1, 0.15) is 12.1 Å². The molecule has 72 valence electrons. The summed E-state index contributed by atoms with van der Waals surface area (Å²) in [6.07, 6.45) is 0.329. The average Bonchev–Trinajstić information content (AvgIpc) is 2.78. The molecule has 2 aliphatic heterocycles. The summed E-state index contributed by atoms with van der Waals surface area (Å²) in [6.45, 7) is 0. The van der Waals surface area contributed by atoms with Gasteiger partial charge in [0, 0.05) is 17.1 Å². The Balaban J connectivity index is 1.88. The zero-order chi connectivity index (χ0) is 9.38. The lowest BCUT2D eigenvalue weighted by molar-refractivity contribution is 0.232. The van der Waals surface area contributed by atoms with Crippen LogP contribution in [0.25, 0.3) is 0 Å². The Hall–Kier alpha value is -0.960. The molecule has 1 saturated heterocycles. The fourth-order valence-electron chi connectivity index (χ4n) is 1.80. The van der Waals surface area contributed by atoms with Gasteiger partial charge in [0.05, 0.1) is 0 Å². The lowest BCUT2D eigenvalue weighted by Crippen LogP contribution is -2.19. The van der Waals surface area contributed by atoms with Crippen molar-refractivity contribution in [1.29, 1.82) is 0 Å². The van der Waals surface area contributed by atoms with Crippen LogP contribution in [0, 0.1) is 0 Å². The molecule has 1 aromatic rings. The Morgan fingerprint density at radius 3 is 2.86 bits per heavy atom. The molecule has 1 aromatic carbocycles. The Morgan fingerprint density at radius 1 is 1.21 bits per heavy atom. The van der Waals surface area contributed by atoms with Crippen LogP contribution in [-0.2, 0) is 4.74 Å². The molecule has 0 spiro atoms.